The van der Waals surface area contributed by atoms with Gasteiger partial charge >= 0.3 is 12.2 Å². The number of furan rings is 2. The fourth-order valence-electron chi connectivity index (χ4n) is 11.5. The Morgan fingerprint density at radius 1 is 0.646 bits per heavy atom. The van der Waals surface area contributed by atoms with Crippen LogP contribution < -0.4 is 8.61 Å². The van der Waals surface area contributed by atoms with Crippen LogP contribution in [-0.4, -0.2) is 118 Å². The van der Waals surface area contributed by atoms with Gasteiger partial charge < -0.3 is 28.9 Å². The van der Waals surface area contributed by atoms with Crippen molar-refractivity contribution in [2.75, 3.05) is 60.6 Å². The number of hydrogen-bond donors (Lipinski definition) is 1. The second kappa shape index (κ2) is 24.5. The highest BCUT2D eigenvalue weighted by Crippen LogP contribution is 2.49. The van der Waals surface area contributed by atoms with Crippen molar-refractivity contribution in [1.82, 2.24) is 9.97 Å². The standard InChI is InChI=1S/C31H36N4O6S.C30H36N2O7S/c1-4-25(36)27-24-18-23(21-10-11-21)29(34-30(24)41-28(27)22-8-6-20(2)7-9-22)35(42(3,38)39)15-5-12-31(26(37)19-33-32)13-16-40-17-14-31;1-4-24(33)25-23-18-22(20-10-11-20)27(31-28(23)39-26(25)21-8-6-19(2)7-9-21)32(40(3,36)37)15-5-12-30(29(34)35)13-16-38-17-14-30/h6-9,18-19,21H,4-5,10-17H2,1-3H3;6-9,18,20H,4-5,10-17H2,1-3H3,(H,34,35). The summed E-state index contributed by atoms with van der Waals surface area (Å²) in [4.78, 5) is 63.8. The number of ether oxygens (including phenoxy) is 2. The number of rotatable bonds is 23. The maximum Gasteiger partial charge on any atom is 0.323 e. The maximum atomic E-state index is 13.2. The third-order valence-electron chi connectivity index (χ3n) is 16.6. The van der Waals surface area contributed by atoms with Gasteiger partial charge in [-0.3, -0.25) is 27.8 Å². The number of carbonyl (C=O) groups excluding carboxylic acids is 3. The minimum absolute atomic E-state index is 0.0685. The number of fused-ring (bicyclic) bond motifs is 2. The predicted octanol–water partition coefficient (Wildman–Crippen LogP) is 11.2. The van der Waals surface area contributed by atoms with E-state index in [2.05, 4.69) is 4.79 Å². The first-order valence-electron chi connectivity index (χ1n) is 28.3. The zero-order valence-electron chi connectivity index (χ0n) is 47.5. The van der Waals surface area contributed by atoms with E-state index in [1.807, 2.05) is 74.5 Å². The maximum absolute atomic E-state index is 13.2. The number of carboxylic acid groups (broad SMARTS) is 1. The van der Waals surface area contributed by atoms with E-state index in [0.29, 0.717) is 129 Å². The zero-order chi connectivity index (χ0) is 58.7. The first kappa shape index (κ1) is 59.7. The molecule has 4 aromatic heterocycles. The van der Waals surface area contributed by atoms with Crippen LogP contribution in [-0.2, 0) is 39.1 Å². The van der Waals surface area contributed by atoms with Gasteiger partial charge in [0.15, 0.2) is 11.6 Å². The van der Waals surface area contributed by atoms with Crippen molar-refractivity contribution in [2.24, 2.45) is 10.8 Å². The normalized spacial score (nSPS) is 16.9. The van der Waals surface area contributed by atoms with Crippen LogP contribution in [0.1, 0.15) is 159 Å². The second-order valence-electron chi connectivity index (χ2n) is 22.5. The molecule has 2 aliphatic heterocycles. The lowest BCUT2D eigenvalue weighted by Gasteiger charge is -2.34. The van der Waals surface area contributed by atoms with E-state index >= 15 is 0 Å². The van der Waals surface area contributed by atoms with Crippen LogP contribution >= 0.6 is 0 Å². The number of carboxylic acids is 1. The van der Waals surface area contributed by atoms with Crippen LogP contribution in [0.3, 0.4) is 0 Å². The Kier molecular flexibility index (Phi) is 17.8. The number of hydrogen-bond acceptors (Lipinski definition) is 14. The van der Waals surface area contributed by atoms with Crippen molar-refractivity contribution >= 4 is 83.4 Å². The van der Waals surface area contributed by atoms with Gasteiger partial charge in [0.2, 0.25) is 37.3 Å². The van der Waals surface area contributed by atoms with Crippen molar-refractivity contribution < 1.29 is 64.2 Å². The number of Topliss-reactive ketones (excluding diaryl/α,β-unsaturated/α-hetero) is 3. The molecule has 0 radical (unpaired) electrons. The third kappa shape index (κ3) is 12.8. The van der Waals surface area contributed by atoms with Crippen LogP contribution in [0.25, 0.3) is 50.4 Å². The van der Waals surface area contributed by atoms with E-state index in [1.165, 1.54) is 8.61 Å². The summed E-state index contributed by atoms with van der Waals surface area (Å²) < 4.78 is 78.5. The summed E-state index contributed by atoms with van der Waals surface area (Å²) in [5.74, 6) is 0.440. The molecular weight excluding hydrogens is 1090 g/mol. The van der Waals surface area contributed by atoms with Crippen LogP contribution in [0, 0.1) is 24.7 Å². The monoisotopic (exact) mass is 1160 g/mol. The lowest BCUT2D eigenvalue weighted by molar-refractivity contribution is -0.155. The molecule has 19 nitrogen and oxygen atoms in total. The van der Waals surface area contributed by atoms with E-state index in [4.69, 9.17) is 33.8 Å². The van der Waals surface area contributed by atoms with Gasteiger partial charge in [-0.1, -0.05) is 73.5 Å². The molecular formula is C61H72N6O13S2. The lowest BCUT2D eigenvalue weighted by atomic mass is 9.73. The van der Waals surface area contributed by atoms with Gasteiger partial charge in [-0.25, -0.2) is 16.8 Å². The molecule has 2 aliphatic carbocycles. The third-order valence-corrected chi connectivity index (χ3v) is 18.9. The van der Waals surface area contributed by atoms with Gasteiger partial charge in [-0.2, -0.15) is 14.8 Å². The number of pyridine rings is 2. The topological polar surface area (TPSA) is 270 Å². The van der Waals surface area contributed by atoms with Crippen LogP contribution in [0.15, 0.2) is 69.5 Å². The Morgan fingerprint density at radius 2 is 1.02 bits per heavy atom. The van der Waals surface area contributed by atoms with E-state index in [1.54, 1.807) is 13.8 Å². The number of ketones is 3. The van der Waals surface area contributed by atoms with E-state index in [-0.39, 0.29) is 60.1 Å². The Hall–Kier alpha value is -6.90. The number of sulfonamides is 2. The summed E-state index contributed by atoms with van der Waals surface area (Å²) in [5.41, 5.74) is 13.9. The van der Waals surface area contributed by atoms with Crippen molar-refractivity contribution in [3.63, 3.8) is 0 Å². The van der Waals surface area contributed by atoms with Gasteiger partial charge in [0.05, 0.1) is 39.8 Å². The quantitative estimate of drug-likeness (QED) is 0.0270. The molecule has 0 bridgehead atoms. The number of anilines is 2. The van der Waals surface area contributed by atoms with Crippen LogP contribution in [0.4, 0.5) is 11.6 Å². The Morgan fingerprint density at radius 3 is 1.37 bits per heavy atom. The Balaban J connectivity index is 0.000000198. The SMILES string of the molecule is CCC(=O)c1c(-c2ccc(C)cc2)oc2nc(N(CCCC3(C(=O)C=[N+]=[N-])CCOCC3)S(C)(=O)=O)c(C3CC3)cc12.CCC(=O)c1c(-c2ccc(C)cc2)oc2nc(N(CCCC3(C(=O)O)CCOCC3)S(C)(=O)=O)c(C3CC3)cc12. The van der Waals surface area contributed by atoms with Crippen molar-refractivity contribution in [2.45, 2.75) is 129 Å². The molecule has 1 N–H and O–H groups in total. The summed E-state index contributed by atoms with van der Waals surface area (Å²) in [5, 5.41) is 11.1. The predicted molar refractivity (Wildman–Crippen MR) is 312 cm³/mol. The van der Waals surface area contributed by atoms with Gasteiger partial charge in [-0.15, -0.1) is 0 Å². The number of aliphatic carboxylic acids is 1. The first-order chi connectivity index (χ1) is 39.1. The summed E-state index contributed by atoms with van der Waals surface area (Å²) in [7, 11) is -7.51. The minimum Gasteiger partial charge on any atom is -0.481 e. The largest absolute Gasteiger partial charge is 0.481 e. The summed E-state index contributed by atoms with van der Waals surface area (Å²) >= 11 is 0. The molecule has 0 spiro atoms. The molecule has 2 saturated heterocycles. The van der Waals surface area contributed by atoms with E-state index in [0.717, 1.165) is 77.8 Å². The molecule has 21 heteroatoms. The van der Waals surface area contributed by atoms with Crippen LogP contribution in [0.5, 0.6) is 0 Å². The lowest BCUT2D eigenvalue weighted by Crippen LogP contribution is -2.39. The molecule has 0 amide bonds. The van der Waals surface area contributed by atoms with Crippen molar-refractivity contribution in [1.29, 1.82) is 0 Å². The molecule has 6 aromatic rings. The molecule has 6 heterocycles. The van der Waals surface area contributed by atoms with Crippen molar-refractivity contribution in [3.05, 3.63) is 99.6 Å². The summed E-state index contributed by atoms with van der Waals surface area (Å²) in [6.45, 7) is 9.35. The molecule has 4 aliphatic rings. The van der Waals surface area contributed by atoms with Gasteiger partial charge in [0, 0.05) is 68.9 Å². The number of carbonyl (C=O) groups is 4. The molecule has 0 unspecified atom stereocenters. The molecule has 2 aromatic carbocycles. The van der Waals surface area contributed by atoms with E-state index in [9.17, 15) is 41.1 Å². The minimum atomic E-state index is -3.76. The molecule has 436 valence electrons. The van der Waals surface area contributed by atoms with E-state index < -0.39 is 36.8 Å². The Labute approximate surface area is 478 Å². The molecule has 4 fully saturated rings. The molecule has 82 heavy (non-hydrogen) atoms. The zero-order valence-corrected chi connectivity index (χ0v) is 49.1. The molecule has 0 atom stereocenters. The molecule has 10 rings (SSSR count). The van der Waals surface area contributed by atoms with Crippen molar-refractivity contribution in [3.8, 4) is 22.6 Å². The summed E-state index contributed by atoms with van der Waals surface area (Å²) in [6, 6.07) is 19.2. The van der Waals surface area contributed by atoms with Crippen LogP contribution in [0.2, 0.25) is 0 Å². The fourth-order valence-corrected chi connectivity index (χ4v) is 13.3. The Bertz CT molecular complexity index is 3680. The number of aromatic nitrogens is 2. The average Bonchev–Trinajstić information content (AvgIpc) is 3.06. The highest BCUT2D eigenvalue weighted by atomic mass is 32.2. The van der Waals surface area contributed by atoms with Gasteiger partial charge in [-0.05, 0) is 126 Å². The second-order valence-corrected chi connectivity index (χ2v) is 26.3. The highest BCUT2D eigenvalue weighted by Gasteiger charge is 2.43. The highest BCUT2D eigenvalue weighted by molar-refractivity contribution is 7.92. The smallest absolute Gasteiger partial charge is 0.323 e. The number of nitrogens with zero attached hydrogens (tertiary/aromatic N) is 6. The average molecular weight is 1160 g/mol. The fraction of sp³-hybridized carbons (Fsp3) is 0.492. The molecule has 2 saturated carbocycles. The van der Waals surface area contributed by atoms with Gasteiger partial charge in [0.1, 0.15) is 23.2 Å². The number of benzene rings is 2. The first-order valence-corrected chi connectivity index (χ1v) is 32.0. The summed E-state index contributed by atoms with van der Waals surface area (Å²) in [6.07, 6.45) is 10.6. The number of aryl methyl sites for hydroxylation is 2. The van der Waals surface area contributed by atoms with Gasteiger partial charge in [0.25, 0.3) is 0 Å².